The average Bonchev–Trinajstić information content (AvgIpc) is 2.60. The molecule has 0 N–H and O–H groups in total. The number of benzene rings is 2. The van der Waals surface area contributed by atoms with Crippen LogP contribution in [0.3, 0.4) is 0 Å². The van der Waals surface area contributed by atoms with Gasteiger partial charge in [-0.05, 0) is 38.1 Å². The van der Waals surface area contributed by atoms with E-state index in [4.69, 9.17) is 4.74 Å². The van der Waals surface area contributed by atoms with Crippen molar-refractivity contribution >= 4 is 15.9 Å². The van der Waals surface area contributed by atoms with Crippen molar-refractivity contribution in [1.29, 1.82) is 0 Å². The van der Waals surface area contributed by atoms with Gasteiger partial charge < -0.3 is 9.64 Å². The fourth-order valence-corrected chi connectivity index (χ4v) is 4.04. The number of nitrogens with zero attached hydrogens (tertiary/aromatic N) is 2. The second-order valence-corrected chi connectivity index (χ2v) is 7.98. The van der Waals surface area contributed by atoms with Gasteiger partial charge in [0.2, 0.25) is 0 Å². The topological polar surface area (TPSA) is 59.0 Å². The van der Waals surface area contributed by atoms with E-state index in [0.717, 1.165) is 12.1 Å². The zero-order valence-electron chi connectivity index (χ0n) is 14.7. The molecule has 0 radical (unpaired) electrons. The van der Waals surface area contributed by atoms with Crippen LogP contribution >= 0.6 is 0 Å². The molecule has 2 aromatic rings. The van der Waals surface area contributed by atoms with E-state index in [1.165, 1.54) is 12.1 Å². The lowest BCUT2D eigenvalue weighted by atomic mass is 10.1. The van der Waals surface area contributed by atoms with Crippen LogP contribution in [-0.4, -0.2) is 44.5 Å². The van der Waals surface area contributed by atoms with Gasteiger partial charge in [0.15, 0.2) is 0 Å². The third-order valence-electron chi connectivity index (χ3n) is 4.07. The van der Waals surface area contributed by atoms with E-state index >= 15 is 0 Å². The standard InChI is InChI=1S/C19H21FN2O3S/c1-14-12-22(13-15(2)25-14)19(16-6-4-3-5-7-16)21-26(23,24)18-10-8-17(20)9-11-18/h3-11,14-15H,12-13H2,1-2H3/t14-,15-/m0/s1. The zero-order chi connectivity index (χ0) is 18.7. The number of hydrogen-bond donors (Lipinski definition) is 0. The van der Waals surface area contributed by atoms with Crippen LogP contribution in [0.15, 0.2) is 63.9 Å². The van der Waals surface area contributed by atoms with Gasteiger partial charge in [-0.3, -0.25) is 0 Å². The van der Waals surface area contributed by atoms with Gasteiger partial charge in [-0.2, -0.15) is 8.42 Å². The molecule has 0 amide bonds. The summed E-state index contributed by atoms with van der Waals surface area (Å²) in [6.07, 6.45) is -0.0811. The van der Waals surface area contributed by atoms with Crippen LogP contribution in [0.2, 0.25) is 0 Å². The SMILES string of the molecule is C[C@H]1CN(C(=NS(=O)(=O)c2ccc(F)cc2)c2ccccc2)C[C@H](C)O1. The van der Waals surface area contributed by atoms with Crippen molar-refractivity contribution in [3.05, 3.63) is 66.0 Å². The molecule has 7 heteroatoms. The molecule has 3 rings (SSSR count). The van der Waals surface area contributed by atoms with Crippen molar-refractivity contribution in [3.63, 3.8) is 0 Å². The van der Waals surface area contributed by atoms with E-state index < -0.39 is 15.8 Å². The molecule has 0 saturated carbocycles. The summed E-state index contributed by atoms with van der Waals surface area (Å²) in [5.41, 5.74) is 0.708. The van der Waals surface area contributed by atoms with E-state index in [0.29, 0.717) is 24.5 Å². The van der Waals surface area contributed by atoms with Crippen LogP contribution in [0.1, 0.15) is 19.4 Å². The second kappa shape index (κ2) is 7.55. The summed E-state index contributed by atoms with van der Waals surface area (Å²) >= 11 is 0. The maximum atomic E-state index is 13.1. The van der Waals surface area contributed by atoms with E-state index in [2.05, 4.69) is 4.40 Å². The van der Waals surface area contributed by atoms with Gasteiger partial charge in [-0.15, -0.1) is 4.40 Å². The fraction of sp³-hybridized carbons (Fsp3) is 0.316. The van der Waals surface area contributed by atoms with Crippen LogP contribution < -0.4 is 0 Å². The van der Waals surface area contributed by atoms with Crippen molar-refractivity contribution in [2.24, 2.45) is 4.40 Å². The zero-order valence-corrected chi connectivity index (χ0v) is 15.5. The molecule has 1 saturated heterocycles. The Morgan fingerprint density at radius 1 is 1.04 bits per heavy atom. The maximum Gasteiger partial charge on any atom is 0.284 e. The van der Waals surface area contributed by atoms with Crippen LogP contribution in [0, 0.1) is 5.82 Å². The molecule has 2 aromatic carbocycles. The average molecular weight is 376 g/mol. The van der Waals surface area contributed by atoms with Crippen molar-refractivity contribution in [3.8, 4) is 0 Å². The molecule has 1 aliphatic heterocycles. The minimum atomic E-state index is -3.97. The van der Waals surface area contributed by atoms with Gasteiger partial charge in [-0.25, -0.2) is 4.39 Å². The van der Waals surface area contributed by atoms with E-state index in [1.54, 1.807) is 0 Å². The molecule has 1 heterocycles. The highest BCUT2D eigenvalue weighted by atomic mass is 32.2. The summed E-state index contributed by atoms with van der Waals surface area (Å²) in [7, 11) is -3.97. The summed E-state index contributed by atoms with van der Waals surface area (Å²) < 4.78 is 48.5. The highest BCUT2D eigenvalue weighted by molar-refractivity contribution is 7.90. The predicted molar refractivity (Wildman–Crippen MR) is 98.1 cm³/mol. The van der Waals surface area contributed by atoms with Gasteiger partial charge in [0, 0.05) is 18.7 Å². The first-order chi connectivity index (χ1) is 12.3. The monoisotopic (exact) mass is 376 g/mol. The summed E-state index contributed by atoms with van der Waals surface area (Å²) in [5, 5.41) is 0. The van der Waals surface area contributed by atoms with E-state index in [-0.39, 0.29) is 17.1 Å². The number of halogens is 1. The number of sulfonamides is 1. The predicted octanol–water partition coefficient (Wildman–Crippen LogP) is 3.07. The molecule has 0 unspecified atom stereocenters. The Kier molecular flexibility index (Phi) is 5.38. The number of rotatable bonds is 3. The summed E-state index contributed by atoms with van der Waals surface area (Å²) in [4.78, 5) is 1.89. The summed E-state index contributed by atoms with van der Waals surface area (Å²) in [5.74, 6) is -0.121. The number of morpholine rings is 1. The van der Waals surface area contributed by atoms with E-state index in [9.17, 15) is 12.8 Å². The van der Waals surface area contributed by atoms with Gasteiger partial charge in [0.1, 0.15) is 11.7 Å². The minimum absolute atomic E-state index is 0.0401. The first kappa shape index (κ1) is 18.5. The van der Waals surface area contributed by atoms with Crippen molar-refractivity contribution in [2.45, 2.75) is 31.0 Å². The molecule has 0 aliphatic carbocycles. The quantitative estimate of drug-likeness (QED) is 0.610. The Morgan fingerprint density at radius 3 is 2.19 bits per heavy atom. The lowest BCUT2D eigenvalue weighted by Gasteiger charge is -2.37. The maximum absolute atomic E-state index is 13.1. The molecule has 2 atom stereocenters. The Balaban J connectivity index is 2.05. The van der Waals surface area contributed by atoms with Gasteiger partial charge in [-0.1, -0.05) is 30.3 Å². The van der Waals surface area contributed by atoms with Crippen LogP contribution in [0.4, 0.5) is 4.39 Å². The number of hydrogen-bond acceptors (Lipinski definition) is 3. The Labute approximate surface area is 153 Å². The Morgan fingerprint density at radius 2 is 1.62 bits per heavy atom. The first-order valence-corrected chi connectivity index (χ1v) is 9.85. The van der Waals surface area contributed by atoms with Gasteiger partial charge in [0.25, 0.3) is 10.0 Å². The molecular weight excluding hydrogens is 355 g/mol. The summed E-state index contributed by atoms with van der Waals surface area (Å²) in [6.45, 7) is 4.97. The lowest BCUT2D eigenvalue weighted by molar-refractivity contribution is -0.0478. The summed E-state index contributed by atoms with van der Waals surface area (Å²) in [6, 6.07) is 13.9. The largest absolute Gasteiger partial charge is 0.372 e. The van der Waals surface area contributed by atoms with Crippen molar-refractivity contribution < 1.29 is 17.5 Å². The molecular formula is C19H21FN2O3S. The molecule has 0 aromatic heterocycles. The molecule has 5 nitrogen and oxygen atoms in total. The number of amidine groups is 1. The third-order valence-corrected chi connectivity index (χ3v) is 5.35. The van der Waals surface area contributed by atoms with Crippen LogP contribution in [0.25, 0.3) is 0 Å². The number of ether oxygens (including phenoxy) is 1. The highest BCUT2D eigenvalue weighted by Crippen LogP contribution is 2.19. The molecule has 1 aliphatic rings. The highest BCUT2D eigenvalue weighted by Gasteiger charge is 2.27. The normalized spacial score (nSPS) is 21.7. The molecule has 1 fully saturated rings. The Hall–Kier alpha value is -2.25. The van der Waals surface area contributed by atoms with Gasteiger partial charge in [0.05, 0.1) is 17.1 Å². The smallest absolute Gasteiger partial charge is 0.284 e. The Bertz CT molecular complexity index is 873. The molecule has 0 bridgehead atoms. The molecule has 26 heavy (non-hydrogen) atoms. The van der Waals surface area contributed by atoms with Crippen LogP contribution in [-0.2, 0) is 14.8 Å². The van der Waals surface area contributed by atoms with Crippen LogP contribution in [0.5, 0.6) is 0 Å². The van der Waals surface area contributed by atoms with Gasteiger partial charge >= 0.3 is 0 Å². The molecule has 138 valence electrons. The first-order valence-electron chi connectivity index (χ1n) is 8.41. The third kappa shape index (κ3) is 4.28. The van der Waals surface area contributed by atoms with Crippen molar-refractivity contribution in [1.82, 2.24) is 4.90 Å². The minimum Gasteiger partial charge on any atom is -0.372 e. The second-order valence-electron chi connectivity index (χ2n) is 6.37. The lowest BCUT2D eigenvalue weighted by Crippen LogP contribution is -2.48. The fourth-order valence-electron chi connectivity index (χ4n) is 3.00. The van der Waals surface area contributed by atoms with E-state index in [1.807, 2.05) is 49.1 Å². The van der Waals surface area contributed by atoms with Crippen molar-refractivity contribution in [2.75, 3.05) is 13.1 Å². The molecule has 0 spiro atoms.